The molecule has 0 aliphatic heterocycles. The molecule has 0 unspecified atom stereocenters. The fraction of sp³-hybridized carbons (Fsp3) is 0. The van der Waals surface area contributed by atoms with Gasteiger partial charge in [0.1, 0.15) is 0 Å². The molecular weight excluding hydrogens is 163 g/mol. The van der Waals surface area contributed by atoms with Crippen LogP contribution in [0.4, 0.5) is 0 Å². The second-order valence-electron chi connectivity index (χ2n) is 1.36. The summed E-state index contributed by atoms with van der Waals surface area (Å²) >= 11 is 0. The zero-order valence-electron chi connectivity index (χ0n) is 4.64. The van der Waals surface area contributed by atoms with Gasteiger partial charge in [-0.2, -0.15) is 14.0 Å². The summed E-state index contributed by atoms with van der Waals surface area (Å²) in [4.78, 5) is 0.546. The summed E-state index contributed by atoms with van der Waals surface area (Å²) < 4.78 is 33.2. The Kier molecular flexibility index (Phi) is 1.77. The van der Waals surface area contributed by atoms with Crippen LogP contribution in [0.1, 0.15) is 0 Å². The molecule has 0 fully saturated rings. The molecule has 0 atom stereocenters. The van der Waals surface area contributed by atoms with E-state index >= 15 is 0 Å². The quantitative estimate of drug-likeness (QED) is 0.449. The first-order valence-corrected chi connectivity index (χ1v) is 3.42. The molecule has 0 N–H and O–H groups in total. The van der Waals surface area contributed by atoms with Gasteiger partial charge in [-0.15, -0.1) is 5.10 Å². The minimum atomic E-state index is -4.44. The van der Waals surface area contributed by atoms with Crippen molar-refractivity contribution < 1.29 is 28.6 Å². The minimum Gasteiger partial charge on any atom is -0.164 e. The monoisotopic (exact) mass is 166 g/mol. The number of hydrogen-bond donors (Lipinski definition) is 0. The van der Waals surface area contributed by atoms with Crippen molar-refractivity contribution in [1.82, 2.24) is 9.94 Å². The number of rotatable bonds is 2. The van der Waals surface area contributed by atoms with E-state index < -0.39 is 10.2 Å². The lowest BCUT2D eigenvalue weighted by atomic mass is 10.8. The Bertz CT molecular complexity index is 193. The molecule has 0 aliphatic carbocycles. The van der Waals surface area contributed by atoms with Crippen LogP contribution in [0.15, 0.2) is 18.5 Å². The molecule has 0 saturated carbocycles. The Morgan fingerprint density at radius 3 is 2.50 bits per heavy atom. The van der Waals surface area contributed by atoms with Gasteiger partial charge in [0, 0.05) is 4.85 Å². The summed E-state index contributed by atoms with van der Waals surface area (Å²) in [6.45, 7) is 0. The highest BCUT2D eigenvalue weighted by molar-refractivity contribution is 4.74. The van der Waals surface area contributed by atoms with Gasteiger partial charge in [0.2, 0.25) is 0 Å². The lowest BCUT2D eigenvalue weighted by molar-refractivity contribution is -1.92. The first-order valence-electron chi connectivity index (χ1n) is 2.18. The van der Waals surface area contributed by atoms with Crippen molar-refractivity contribution in [2.24, 2.45) is 0 Å². The third kappa shape index (κ3) is 2.19. The molecule has 0 bridgehead atoms. The van der Waals surface area contributed by atoms with Crippen molar-refractivity contribution in [1.29, 1.82) is 0 Å². The third-order valence-electron chi connectivity index (χ3n) is 0.635. The van der Waals surface area contributed by atoms with Crippen LogP contribution >= 0.6 is 0 Å². The van der Waals surface area contributed by atoms with Crippen molar-refractivity contribution in [2.75, 3.05) is 0 Å². The summed E-state index contributed by atoms with van der Waals surface area (Å²) in [6, 6.07) is 1.42. The summed E-state index contributed by atoms with van der Waals surface area (Å²) in [6.07, 6.45) is 2.46. The number of hydrogen-bond acceptors (Lipinski definition) is 5. The van der Waals surface area contributed by atoms with Crippen LogP contribution in [0.5, 0.6) is 0 Å². The molecule has 1 rings (SSSR count). The molecule has 0 saturated heterocycles. The van der Waals surface area contributed by atoms with Gasteiger partial charge < -0.3 is 0 Å². The number of aromatic nitrogens is 2. The first kappa shape index (κ1) is 7.29. The van der Waals surface area contributed by atoms with E-state index in [0.717, 1.165) is 0 Å². The predicted molar refractivity (Wildman–Crippen MR) is 18.8 cm³/mol. The van der Waals surface area contributed by atoms with Crippen LogP contribution in [-0.4, -0.2) is 9.94 Å². The summed E-state index contributed by atoms with van der Waals surface area (Å²) in [7, 11) is -4.44. The van der Waals surface area contributed by atoms with Crippen LogP contribution in [-0.2, 0) is 0 Å². The average molecular weight is 167 g/mol. The maximum absolute atomic E-state index is 9.83. The van der Waals surface area contributed by atoms with Gasteiger partial charge in [0.05, 0.1) is 16.8 Å². The van der Waals surface area contributed by atoms with E-state index in [9.17, 15) is 14.0 Å². The molecule has 0 aliphatic rings. The Morgan fingerprint density at radius 2 is 2.10 bits per heavy atom. The Hall–Kier alpha value is -0.820. The third-order valence-corrected chi connectivity index (χ3v) is 0.946. The van der Waals surface area contributed by atoms with E-state index in [1.54, 1.807) is 0 Å². The number of halogens is 1. The van der Waals surface area contributed by atoms with Crippen molar-refractivity contribution >= 4 is 0 Å². The molecular formula is C3H3ClN2O4. The molecule has 0 amide bonds. The van der Waals surface area contributed by atoms with E-state index in [2.05, 4.69) is 9.49 Å². The van der Waals surface area contributed by atoms with Crippen LogP contribution in [0.2, 0.25) is 0 Å². The summed E-state index contributed by atoms with van der Waals surface area (Å²) in [5.41, 5.74) is 0. The van der Waals surface area contributed by atoms with Crippen molar-refractivity contribution in [2.45, 2.75) is 0 Å². The van der Waals surface area contributed by atoms with Gasteiger partial charge >= 0.3 is 0 Å². The van der Waals surface area contributed by atoms with E-state index in [1.165, 1.54) is 18.5 Å². The molecule has 10 heavy (non-hydrogen) atoms. The molecule has 0 radical (unpaired) electrons. The Morgan fingerprint density at radius 1 is 1.40 bits per heavy atom. The second-order valence-corrected chi connectivity index (χ2v) is 2.25. The van der Waals surface area contributed by atoms with Crippen molar-refractivity contribution in [3.63, 3.8) is 0 Å². The van der Waals surface area contributed by atoms with E-state index in [4.69, 9.17) is 0 Å². The van der Waals surface area contributed by atoms with Gasteiger partial charge in [-0.3, -0.25) is 0 Å². The fourth-order valence-electron chi connectivity index (χ4n) is 0.382. The molecule has 6 nitrogen and oxygen atoms in total. The van der Waals surface area contributed by atoms with Crippen LogP contribution in [0.25, 0.3) is 0 Å². The zero-order chi connectivity index (χ0) is 7.61. The molecule has 56 valence electrons. The van der Waals surface area contributed by atoms with E-state index in [0.29, 0.717) is 4.85 Å². The van der Waals surface area contributed by atoms with Crippen LogP contribution in [0.3, 0.4) is 0 Å². The Balaban J connectivity index is 2.57. The largest absolute Gasteiger partial charge is 0.173 e. The SMILES string of the molecule is [O-][Cl+3]([O-])([O-])On1cccn1. The standard InChI is InChI=1S/C3H3ClN2O4/c7-4(8,9)10-6-3-1-2-5-6/h1-3H. The van der Waals surface area contributed by atoms with Crippen LogP contribution < -0.4 is 18.4 Å². The fourth-order valence-corrected chi connectivity index (χ4v) is 0.637. The maximum Gasteiger partial charge on any atom is 0.173 e. The van der Waals surface area contributed by atoms with E-state index in [-0.39, 0.29) is 0 Å². The topological polar surface area (TPSA) is 96.2 Å². The van der Waals surface area contributed by atoms with Gasteiger partial charge in [0.25, 0.3) is 0 Å². The minimum absolute atomic E-state index is 0.546. The number of nitrogens with zero attached hydrogens (tertiary/aromatic N) is 2. The molecule has 1 aromatic heterocycles. The first-order chi connectivity index (χ1) is 4.58. The zero-order valence-corrected chi connectivity index (χ0v) is 5.39. The highest BCUT2D eigenvalue weighted by atomic mass is 35.7. The van der Waals surface area contributed by atoms with Crippen molar-refractivity contribution in [3.8, 4) is 0 Å². The average Bonchev–Trinajstić information content (AvgIpc) is 2.12. The summed E-state index contributed by atoms with van der Waals surface area (Å²) in [5, 5.41) is 3.31. The molecule has 7 heteroatoms. The lowest BCUT2D eigenvalue weighted by Crippen LogP contribution is -2.65. The molecule has 1 heterocycles. The molecule has 1 aromatic rings. The normalized spacial score (nSPS) is 11.5. The Labute approximate surface area is 57.9 Å². The highest BCUT2D eigenvalue weighted by Crippen LogP contribution is 1.84. The molecule has 0 spiro atoms. The maximum atomic E-state index is 9.83. The lowest BCUT2D eigenvalue weighted by Gasteiger charge is -2.08. The second kappa shape index (κ2) is 2.43. The summed E-state index contributed by atoms with van der Waals surface area (Å²) in [5.74, 6) is 0. The highest BCUT2D eigenvalue weighted by Gasteiger charge is 2.18. The van der Waals surface area contributed by atoms with Gasteiger partial charge in [-0.05, 0) is 6.07 Å². The van der Waals surface area contributed by atoms with Crippen molar-refractivity contribution in [3.05, 3.63) is 18.5 Å². The smallest absolute Gasteiger partial charge is 0.164 e. The van der Waals surface area contributed by atoms with Gasteiger partial charge in [0.15, 0.2) is 10.2 Å². The van der Waals surface area contributed by atoms with Gasteiger partial charge in [-0.1, -0.05) is 0 Å². The predicted octanol–water partition coefficient (Wildman–Crippen LogP) is -3.79. The van der Waals surface area contributed by atoms with Crippen LogP contribution in [0, 0.1) is 10.2 Å². The van der Waals surface area contributed by atoms with Gasteiger partial charge in [-0.25, -0.2) is 0 Å². The van der Waals surface area contributed by atoms with E-state index in [1.807, 2.05) is 0 Å². The molecule has 0 aromatic carbocycles.